The molecular weight excluding hydrogens is 310 g/mol. The minimum atomic E-state index is 0.576. The van der Waals surface area contributed by atoms with E-state index in [1.165, 1.54) is 11.8 Å². The smallest absolute Gasteiger partial charge is 0.127 e. The third-order valence-corrected chi connectivity index (χ3v) is 4.20. The third kappa shape index (κ3) is 4.24. The first-order valence-corrected chi connectivity index (χ1v) is 8.45. The number of nitrogens with one attached hydrogen (secondary N) is 2. The van der Waals surface area contributed by atoms with E-state index in [9.17, 15) is 0 Å². The molecule has 0 amide bonds. The lowest BCUT2D eigenvalue weighted by Crippen LogP contribution is -2.20. The highest BCUT2D eigenvalue weighted by atomic mass is 16.5. The number of benzene rings is 3. The Balaban J connectivity index is 1.54. The van der Waals surface area contributed by atoms with Gasteiger partial charge < -0.3 is 21.2 Å². The molecule has 3 aromatic carbocycles. The third-order valence-electron chi connectivity index (χ3n) is 4.20. The number of ether oxygens (including phenoxy) is 1. The molecule has 3 aromatic rings. The van der Waals surface area contributed by atoms with Crippen LogP contribution in [0.5, 0.6) is 5.75 Å². The zero-order valence-corrected chi connectivity index (χ0v) is 14.2. The number of fused-ring (bicyclic) bond motifs is 1. The second-order valence-electron chi connectivity index (χ2n) is 5.89. The first-order chi connectivity index (χ1) is 12.3. The van der Waals surface area contributed by atoms with Gasteiger partial charge in [0.25, 0.3) is 0 Å². The quantitative estimate of drug-likeness (QED) is 0.437. The van der Waals surface area contributed by atoms with Crippen LogP contribution in [0.4, 0.5) is 0 Å². The molecule has 0 bridgehead atoms. The SMILES string of the molecule is N=Cc1ccc(OCCNCc2ccc(CN)cc2)c2ccccc12. The Labute approximate surface area is 148 Å². The Morgan fingerprint density at radius 1 is 0.920 bits per heavy atom. The summed E-state index contributed by atoms with van der Waals surface area (Å²) in [6.07, 6.45) is 1.38. The zero-order chi connectivity index (χ0) is 17.5. The number of rotatable bonds is 8. The summed E-state index contributed by atoms with van der Waals surface area (Å²) in [4.78, 5) is 0. The van der Waals surface area contributed by atoms with Gasteiger partial charge in [-0.3, -0.25) is 0 Å². The van der Waals surface area contributed by atoms with Crippen molar-refractivity contribution in [3.05, 3.63) is 77.4 Å². The van der Waals surface area contributed by atoms with Gasteiger partial charge in [0.1, 0.15) is 12.4 Å². The minimum Gasteiger partial charge on any atom is -0.492 e. The lowest BCUT2D eigenvalue weighted by Gasteiger charge is -2.11. The Kier molecular flexibility index (Phi) is 5.77. The van der Waals surface area contributed by atoms with E-state index >= 15 is 0 Å². The van der Waals surface area contributed by atoms with Crippen molar-refractivity contribution in [2.45, 2.75) is 13.1 Å². The molecule has 0 fully saturated rings. The van der Waals surface area contributed by atoms with E-state index in [4.69, 9.17) is 15.9 Å². The van der Waals surface area contributed by atoms with Gasteiger partial charge in [-0.15, -0.1) is 0 Å². The summed E-state index contributed by atoms with van der Waals surface area (Å²) in [6.45, 7) is 2.74. The maximum Gasteiger partial charge on any atom is 0.127 e. The summed E-state index contributed by atoms with van der Waals surface area (Å²) in [5.41, 5.74) is 8.89. The highest BCUT2D eigenvalue weighted by Gasteiger charge is 2.05. The molecule has 0 unspecified atom stereocenters. The highest BCUT2D eigenvalue weighted by molar-refractivity contribution is 6.01. The number of nitrogens with two attached hydrogens (primary N) is 1. The topological polar surface area (TPSA) is 71.1 Å². The molecule has 0 radical (unpaired) electrons. The van der Waals surface area contributed by atoms with E-state index in [0.717, 1.165) is 40.7 Å². The van der Waals surface area contributed by atoms with Crippen molar-refractivity contribution in [1.82, 2.24) is 5.32 Å². The maximum absolute atomic E-state index is 7.51. The van der Waals surface area contributed by atoms with Gasteiger partial charge in [0.2, 0.25) is 0 Å². The van der Waals surface area contributed by atoms with Crippen molar-refractivity contribution < 1.29 is 4.74 Å². The molecule has 0 aliphatic carbocycles. The lowest BCUT2D eigenvalue weighted by molar-refractivity contribution is 0.317. The fraction of sp³-hybridized carbons (Fsp3) is 0.190. The molecule has 0 saturated heterocycles. The van der Waals surface area contributed by atoms with Crippen LogP contribution in [-0.2, 0) is 13.1 Å². The van der Waals surface area contributed by atoms with Crippen LogP contribution in [0.25, 0.3) is 10.8 Å². The maximum atomic E-state index is 7.51. The monoisotopic (exact) mass is 333 g/mol. The average molecular weight is 333 g/mol. The first kappa shape index (κ1) is 17.1. The van der Waals surface area contributed by atoms with Crippen molar-refractivity contribution >= 4 is 17.0 Å². The summed E-state index contributed by atoms with van der Waals surface area (Å²) >= 11 is 0. The van der Waals surface area contributed by atoms with E-state index in [0.29, 0.717) is 13.2 Å². The Morgan fingerprint density at radius 3 is 2.36 bits per heavy atom. The Bertz CT molecular complexity index is 843. The first-order valence-electron chi connectivity index (χ1n) is 8.45. The fourth-order valence-electron chi connectivity index (χ4n) is 2.81. The van der Waals surface area contributed by atoms with Crippen LogP contribution >= 0.6 is 0 Å². The van der Waals surface area contributed by atoms with Gasteiger partial charge >= 0.3 is 0 Å². The lowest BCUT2D eigenvalue weighted by atomic mass is 10.0. The van der Waals surface area contributed by atoms with Crippen LogP contribution in [0.15, 0.2) is 60.7 Å². The molecule has 0 atom stereocenters. The van der Waals surface area contributed by atoms with Gasteiger partial charge in [-0.1, -0.05) is 48.5 Å². The van der Waals surface area contributed by atoms with Gasteiger partial charge in [0.05, 0.1) is 0 Å². The number of hydrogen-bond acceptors (Lipinski definition) is 4. The van der Waals surface area contributed by atoms with Crippen LogP contribution in [-0.4, -0.2) is 19.4 Å². The van der Waals surface area contributed by atoms with Crippen molar-refractivity contribution in [3.63, 3.8) is 0 Å². The van der Waals surface area contributed by atoms with Crippen LogP contribution in [0.2, 0.25) is 0 Å². The van der Waals surface area contributed by atoms with Crippen molar-refractivity contribution in [1.29, 1.82) is 5.41 Å². The van der Waals surface area contributed by atoms with Gasteiger partial charge in [-0.05, 0) is 28.6 Å². The van der Waals surface area contributed by atoms with Crippen LogP contribution in [0.1, 0.15) is 16.7 Å². The molecule has 3 rings (SSSR count). The van der Waals surface area contributed by atoms with E-state index in [1.54, 1.807) is 0 Å². The molecule has 0 saturated carbocycles. The largest absolute Gasteiger partial charge is 0.492 e. The molecule has 25 heavy (non-hydrogen) atoms. The summed E-state index contributed by atoms with van der Waals surface area (Å²) in [5, 5.41) is 13.0. The van der Waals surface area contributed by atoms with E-state index in [2.05, 4.69) is 29.6 Å². The van der Waals surface area contributed by atoms with Crippen molar-refractivity contribution in [2.75, 3.05) is 13.2 Å². The summed E-state index contributed by atoms with van der Waals surface area (Å²) in [5.74, 6) is 0.857. The van der Waals surface area contributed by atoms with Gasteiger partial charge in [0.15, 0.2) is 0 Å². The van der Waals surface area contributed by atoms with Crippen molar-refractivity contribution in [2.24, 2.45) is 5.73 Å². The molecular formula is C21H23N3O. The molecule has 0 heterocycles. The summed E-state index contributed by atoms with van der Waals surface area (Å²) in [7, 11) is 0. The standard InChI is InChI=1S/C21H23N3O/c22-13-16-5-7-17(8-6-16)15-24-11-12-25-21-10-9-18(14-23)19-3-1-2-4-20(19)21/h1-10,14,23-24H,11-13,15,22H2. The average Bonchev–Trinajstić information content (AvgIpc) is 2.68. The second kappa shape index (κ2) is 8.42. The van der Waals surface area contributed by atoms with E-state index < -0.39 is 0 Å². The Hall–Kier alpha value is -2.69. The molecule has 128 valence electrons. The molecule has 0 aliphatic heterocycles. The fourth-order valence-corrected chi connectivity index (χ4v) is 2.81. The molecule has 0 aliphatic rings. The van der Waals surface area contributed by atoms with Crippen molar-refractivity contribution in [3.8, 4) is 5.75 Å². The summed E-state index contributed by atoms with van der Waals surface area (Å²) in [6, 6.07) is 20.2. The Morgan fingerprint density at radius 2 is 1.64 bits per heavy atom. The van der Waals surface area contributed by atoms with E-state index in [1.807, 2.05) is 36.4 Å². The number of hydrogen-bond donors (Lipinski definition) is 3. The minimum absolute atomic E-state index is 0.576. The predicted octanol–water partition coefficient (Wildman–Crippen LogP) is 3.46. The molecule has 0 aromatic heterocycles. The summed E-state index contributed by atoms with van der Waals surface area (Å²) < 4.78 is 5.94. The van der Waals surface area contributed by atoms with E-state index in [-0.39, 0.29) is 0 Å². The predicted molar refractivity (Wildman–Crippen MR) is 103 cm³/mol. The normalized spacial score (nSPS) is 10.8. The van der Waals surface area contributed by atoms with Crippen LogP contribution in [0, 0.1) is 5.41 Å². The molecule has 4 nitrogen and oxygen atoms in total. The van der Waals surface area contributed by atoms with Gasteiger partial charge in [-0.25, -0.2) is 0 Å². The van der Waals surface area contributed by atoms with Crippen LogP contribution in [0.3, 0.4) is 0 Å². The van der Waals surface area contributed by atoms with Crippen LogP contribution < -0.4 is 15.8 Å². The molecule has 4 heteroatoms. The highest BCUT2D eigenvalue weighted by Crippen LogP contribution is 2.27. The second-order valence-corrected chi connectivity index (χ2v) is 5.89. The molecule has 4 N–H and O–H groups in total. The van der Waals surface area contributed by atoms with Gasteiger partial charge in [-0.2, -0.15) is 0 Å². The zero-order valence-electron chi connectivity index (χ0n) is 14.2. The molecule has 0 spiro atoms. The van der Waals surface area contributed by atoms with Gasteiger partial charge in [0, 0.05) is 36.8 Å².